The summed E-state index contributed by atoms with van der Waals surface area (Å²) in [6, 6.07) is 8.47. The van der Waals surface area contributed by atoms with Gasteiger partial charge in [-0.15, -0.1) is 0 Å². The van der Waals surface area contributed by atoms with Crippen LogP contribution in [-0.2, 0) is 6.54 Å². The zero-order valence-electron chi connectivity index (χ0n) is 7.33. The number of hydrogen-bond donors (Lipinski definition) is 0. The summed E-state index contributed by atoms with van der Waals surface area (Å²) in [5, 5.41) is 2.68. The molecular weight excluding hydrogens is 146 g/mol. The molecule has 0 aliphatic heterocycles. The summed E-state index contributed by atoms with van der Waals surface area (Å²) >= 11 is 0. The van der Waals surface area contributed by atoms with E-state index in [4.69, 9.17) is 0 Å². The zero-order valence-corrected chi connectivity index (χ0v) is 7.33. The van der Waals surface area contributed by atoms with Crippen LogP contribution in [0.5, 0.6) is 0 Å². The maximum absolute atomic E-state index is 2.25. The van der Waals surface area contributed by atoms with Crippen LogP contribution in [0.1, 0.15) is 13.3 Å². The van der Waals surface area contributed by atoms with Gasteiger partial charge in [0.05, 0.1) is 0 Å². The van der Waals surface area contributed by atoms with Crippen molar-refractivity contribution in [2.75, 3.05) is 0 Å². The summed E-state index contributed by atoms with van der Waals surface area (Å²) in [6.45, 7) is 3.32. The van der Waals surface area contributed by atoms with E-state index in [9.17, 15) is 0 Å². The molecule has 0 spiro atoms. The van der Waals surface area contributed by atoms with Gasteiger partial charge in [-0.3, -0.25) is 0 Å². The molecule has 0 aliphatic carbocycles. The first-order valence-electron chi connectivity index (χ1n) is 4.44. The van der Waals surface area contributed by atoms with Crippen LogP contribution in [0.3, 0.4) is 0 Å². The van der Waals surface area contributed by atoms with Crippen LogP contribution < -0.4 is 0 Å². The summed E-state index contributed by atoms with van der Waals surface area (Å²) in [4.78, 5) is 0. The Hall–Kier alpha value is -1.24. The molecule has 0 fully saturated rings. The van der Waals surface area contributed by atoms with E-state index in [1.165, 1.54) is 17.2 Å². The number of hydrogen-bond acceptors (Lipinski definition) is 0. The lowest BCUT2D eigenvalue weighted by molar-refractivity contribution is 0.686. The molecule has 1 heteroatoms. The van der Waals surface area contributed by atoms with Crippen LogP contribution >= 0.6 is 0 Å². The maximum atomic E-state index is 2.25. The van der Waals surface area contributed by atoms with Gasteiger partial charge in [-0.1, -0.05) is 31.2 Å². The number of aromatic nitrogens is 1. The van der Waals surface area contributed by atoms with E-state index in [0.29, 0.717) is 0 Å². The molecule has 0 radical (unpaired) electrons. The first-order valence-corrected chi connectivity index (χ1v) is 4.44. The Labute approximate surface area is 72.6 Å². The van der Waals surface area contributed by atoms with Crippen LogP contribution in [0.2, 0.25) is 0 Å². The fourth-order valence-electron chi connectivity index (χ4n) is 1.53. The maximum Gasteiger partial charge on any atom is 0.0217 e. The summed E-state index contributed by atoms with van der Waals surface area (Å²) < 4.78 is 2.25. The standard InChI is InChI=1S/C11H13N/c1-2-7-12-8-10-5-3-4-6-11(10)9-12/h3-6,8-9H,2,7H2,1H3. The van der Waals surface area contributed by atoms with Crippen LogP contribution in [0, 0.1) is 0 Å². The quantitative estimate of drug-likeness (QED) is 0.634. The van der Waals surface area contributed by atoms with Crippen molar-refractivity contribution in [2.45, 2.75) is 19.9 Å². The lowest BCUT2D eigenvalue weighted by Gasteiger charge is -1.95. The molecule has 2 aromatic rings. The average molecular weight is 159 g/mol. The molecule has 1 nitrogen and oxygen atoms in total. The van der Waals surface area contributed by atoms with Crippen LogP contribution in [0.15, 0.2) is 36.7 Å². The second kappa shape index (κ2) is 3.02. The molecule has 0 unspecified atom stereocenters. The Bertz CT molecular complexity index is 340. The normalized spacial score (nSPS) is 10.8. The van der Waals surface area contributed by atoms with Gasteiger partial charge in [-0.05, 0) is 17.2 Å². The van der Waals surface area contributed by atoms with E-state index >= 15 is 0 Å². The van der Waals surface area contributed by atoms with E-state index in [-0.39, 0.29) is 0 Å². The average Bonchev–Trinajstić information content (AvgIpc) is 2.47. The Morgan fingerprint density at radius 1 is 1.08 bits per heavy atom. The van der Waals surface area contributed by atoms with Crippen molar-refractivity contribution in [3.8, 4) is 0 Å². The van der Waals surface area contributed by atoms with Crippen molar-refractivity contribution >= 4 is 10.8 Å². The molecule has 0 bridgehead atoms. The third-order valence-electron chi connectivity index (χ3n) is 2.09. The molecule has 1 aromatic heterocycles. The summed E-state index contributed by atoms with van der Waals surface area (Å²) in [7, 11) is 0. The lowest BCUT2D eigenvalue weighted by Crippen LogP contribution is -1.90. The van der Waals surface area contributed by atoms with Gasteiger partial charge in [0, 0.05) is 18.9 Å². The Balaban J connectivity index is 2.47. The number of nitrogens with zero attached hydrogens (tertiary/aromatic N) is 1. The Morgan fingerprint density at radius 2 is 1.67 bits per heavy atom. The highest BCUT2D eigenvalue weighted by Gasteiger charge is 1.94. The molecule has 0 saturated heterocycles. The number of fused-ring (bicyclic) bond motifs is 1. The fourth-order valence-corrected chi connectivity index (χ4v) is 1.53. The smallest absolute Gasteiger partial charge is 0.0217 e. The minimum absolute atomic E-state index is 1.12. The second-order valence-corrected chi connectivity index (χ2v) is 3.12. The van der Waals surface area contributed by atoms with Gasteiger partial charge in [0.15, 0.2) is 0 Å². The van der Waals surface area contributed by atoms with E-state index in [2.05, 4.69) is 48.1 Å². The number of benzene rings is 1. The molecule has 0 aliphatic rings. The molecule has 1 aromatic carbocycles. The minimum Gasteiger partial charge on any atom is -0.353 e. The fraction of sp³-hybridized carbons (Fsp3) is 0.273. The highest BCUT2D eigenvalue weighted by Crippen LogP contribution is 2.14. The molecular formula is C11H13N. The van der Waals surface area contributed by atoms with Crippen LogP contribution in [-0.4, -0.2) is 4.57 Å². The molecule has 0 atom stereocenters. The van der Waals surface area contributed by atoms with E-state index < -0.39 is 0 Å². The molecule has 0 N–H and O–H groups in total. The van der Waals surface area contributed by atoms with Gasteiger partial charge in [0.1, 0.15) is 0 Å². The summed E-state index contributed by atoms with van der Waals surface area (Å²) in [5.74, 6) is 0. The minimum atomic E-state index is 1.12. The van der Waals surface area contributed by atoms with Crippen molar-refractivity contribution in [3.63, 3.8) is 0 Å². The van der Waals surface area contributed by atoms with Crippen LogP contribution in [0.25, 0.3) is 10.8 Å². The molecule has 1 heterocycles. The van der Waals surface area contributed by atoms with Gasteiger partial charge in [-0.2, -0.15) is 0 Å². The van der Waals surface area contributed by atoms with Gasteiger partial charge in [-0.25, -0.2) is 0 Å². The molecule has 0 saturated carbocycles. The zero-order chi connectivity index (χ0) is 8.39. The third-order valence-corrected chi connectivity index (χ3v) is 2.09. The Morgan fingerprint density at radius 3 is 2.17 bits per heavy atom. The third kappa shape index (κ3) is 1.22. The van der Waals surface area contributed by atoms with Crippen LogP contribution in [0.4, 0.5) is 0 Å². The molecule has 2 rings (SSSR count). The SMILES string of the molecule is CCCn1cc2ccccc2c1. The monoisotopic (exact) mass is 159 g/mol. The van der Waals surface area contributed by atoms with Gasteiger partial charge >= 0.3 is 0 Å². The summed E-state index contributed by atoms with van der Waals surface area (Å²) in [6.07, 6.45) is 5.61. The number of aryl methyl sites for hydroxylation is 1. The van der Waals surface area contributed by atoms with Crippen molar-refractivity contribution in [2.24, 2.45) is 0 Å². The largest absolute Gasteiger partial charge is 0.353 e. The van der Waals surface area contributed by atoms with Crippen molar-refractivity contribution in [1.82, 2.24) is 4.57 Å². The van der Waals surface area contributed by atoms with E-state index in [0.717, 1.165) is 6.54 Å². The molecule has 0 amide bonds. The van der Waals surface area contributed by atoms with Gasteiger partial charge in [0.25, 0.3) is 0 Å². The highest BCUT2D eigenvalue weighted by molar-refractivity contribution is 5.81. The van der Waals surface area contributed by atoms with Gasteiger partial charge in [0.2, 0.25) is 0 Å². The second-order valence-electron chi connectivity index (χ2n) is 3.12. The van der Waals surface area contributed by atoms with Crippen molar-refractivity contribution in [3.05, 3.63) is 36.7 Å². The van der Waals surface area contributed by atoms with E-state index in [1.807, 2.05) is 0 Å². The first-order chi connectivity index (χ1) is 5.90. The topological polar surface area (TPSA) is 4.93 Å². The number of rotatable bonds is 2. The molecule has 12 heavy (non-hydrogen) atoms. The van der Waals surface area contributed by atoms with E-state index in [1.54, 1.807) is 0 Å². The predicted octanol–water partition coefficient (Wildman–Crippen LogP) is 3.05. The first kappa shape index (κ1) is 7.41. The lowest BCUT2D eigenvalue weighted by atomic mass is 10.2. The van der Waals surface area contributed by atoms with Gasteiger partial charge < -0.3 is 4.57 Å². The predicted molar refractivity (Wildman–Crippen MR) is 52.2 cm³/mol. The van der Waals surface area contributed by atoms with Crippen molar-refractivity contribution in [1.29, 1.82) is 0 Å². The van der Waals surface area contributed by atoms with Crippen molar-refractivity contribution < 1.29 is 0 Å². The molecule has 62 valence electrons. The summed E-state index contributed by atoms with van der Waals surface area (Å²) in [5.41, 5.74) is 0. The highest BCUT2D eigenvalue weighted by atomic mass is 14.9. The Kier molecular flexibility index (Phi) is 1.86.